The zero-order chi connectivity index (χ0) is 22.2. The van der Waals surface area contributed by atoms with Gasteiger partial charge in [-0.2, -0.15) is 0 Å². The van der Waals surface area contributed by atoms with Gasteiger partial charge in [-0.05, 0) is 36.2 Å². The van der Waals surface area contributed by atoms with Crippen molar-refractivity contribution in [2.75, 3.05) is 19.0 Å². The molecule has 31 heavy (non-hydrogen) atoms. The monoisotopic (exact) mass is 439 g/mol. The van der Waals surface area contributed by atoms with E-state index >= 15 is 0 Å². The van der Waals surface area contributed by atoms with E-state index in [1.54, 1.807) is 61.2 Å². The number of non-ortho nitro benzene ring substituents is 1. The van der Waals surface area contributed by atoms with Crippen molar-refractivity contribution in [1.29, 1.82) is 0 Å². The van der Waals surface area contributed by atoms with E-state index < -0.39 is 4.92 Å². The largest absolute Gasteiger partial charge is 0.488 e. The molecule has 2 aromatic carbocycles. The second-order valence-corrected chi connectivity index (χ2v) is 7.55. The van der Waals surface area contributed by atoms with Crippen LogP contribution in [0, 0.1) is 10.1 Å². The number of nitrogens with zero attached hydrogens (tertiary/aromatic N) is 2. The minimum absolute atomic E-state index is 0.0103. The molecule has 1 heterocycles. The minimum Gasteiger partial charge on any atom is -0.488 e. The van der Waals surface area contributed by atoms with E-state index in [4.69, 9.17) is 9.47 Å². The first-order valence-electron chi connectivity index (χ1n) is 9.38. The molecule has 0 spiro atoms. The lowest BCUT2D eigenvalue weighted by molar-refractivity contribution is -0.384. The van der Waals surface area contributed by atoms with Crippen LogP contribution in [0.5, 0.6) is 5.75 Å². The number of anilines is 1. The summed E-state index contributed by atoms with van der Waals surface area (Å²) in [5.41, 5.74) is 1.78. The highest BCUT2D eigenvalue weighted by Gasteiger charge is 2.12. The zero-order valence-electron chi connectivity index (χ0n) is 17.0. The molecule has 1 atom stereocenters. The van der Waals surface area contributed by atoms with Gasteiger partial charge in [-0.15, -0.1) is 11.3 Å². The summed E-state index contributed by atoms with van der Waals surface area (Å²) in [4.78, 5) is 27.3. The van der Waals surface area contributed by atoms with Crippen molar-refractivity contribution < 1.29 is 19.2 Å². The maximum atomic E-state index is 12.7. The number of hydrogen-bond donors (Lipinski definition) is 1. The molecule has 1 N–H and O–H groups in total. The molecular formula is C22H21N3O5S. The Morgan fingerprint density at radius 3 is 2.77 bits per heavy atom. The van der Waals surface area contributed by atoms with Crippen LogP contribution in [0.4, 0.5) is 10.8 Å². The molecule has 9 heteroatoms. The average Bonchev–Trinajstić information content (AvgIpc) is 3.25. The van der Waals surface area contributed by atoms with Gasteiger partial charge in [0.05, 0.1) is 11.5 Å². The number of thiazole rings is 1. The lowest BCUT2D eigenvalue weighted by atomic mass is 10.1. The molecule has 3 rings (SSSR count). The molecule has 1 amide bonds. The van der Waals surface area contributed by atoms with Crippen LogP contribution < -0.4 is 10.1 Å². The molecule has 0 unspecified atom stereocenters. The number of nitrogens with one attached hydrogen (secondary N) is 1. The number of amides is 1. The highest BCUT2D eigenvalue weighted by atomic mass is 32.1. The zero-order valence-corrected chi connectivity index (χ0v) is 17.8. The van der Waals surface area contributed by atoms with E-state index in [0.717, 1.165) is 0 Å². The molecule has 0 aliphatic heterocycles. The quantitative estimate of drug-likeness (QED) is 0.289. The highest BCUT2D eigenvalue weighted by Crippen LogP contribution is 2.23. The molecule has 0 aliphatic carbocycles. The molecule has 0 fully saturated rings. The lowest BCUT2D eigenvalue weighted by Crippen LogP contribution is -2.18. The van der Waals surface area contributed by atoms with Crippen LogP contribution in [0.1, 0.15) is 28.4 Å². The Hall–Kier alpha value is -3.56. The molecule has 0 radical (unpaired) electrons. The van der Waals surface area contributed by atoms with Gasteiger partial charge in [0, 0.05) is 36.4 Å². The Labute approximate surface area is 183 Å². The third kappa shape index (κ3) is 6.46. The first-order valence-corrected chi connectivity index (χ1v) is 10.3. The van der Waals surface area contributed by atoms with Crippen LogP contribution >= 0.6 is 11.3 Å². The Morgan fingerprint density at radius 2 is 2.06 bits per heavy atom. The summed E-state index contributed by atoms with van der Waals surface area (Å²) >= 11 is 1.32. The normalized spacial score (nSPS) is 11.9. The van der Waals surface area contributed by atoms with E-state index in [1.165, 1.54) is 23.5 Å². The third-order valence-corrected chi connectivity index (χ3v) is 4.82. The summed E-state index contributed by atoms with van der Waals surface area (Å²) in [6.45, 7) is 2.26. The van der Waals surface area contributed by atoms with Gasteiger partial charge in [0.2, 0.25) is 0 Å². The van der Waals surface area contributed by atoms with Crippen LogP contribution in [0.15, 0.2) is 54.0 Å². The van der Waals surface area contributed by atoms with Crippen LogP contribution in [0.2, 0.25) is 0 Å². The van der Waals surface area contributed by atoms with E-state index in [0.29, 0.717) is 34.2 Å². The summed E-state index contributed by atoms with van der Waals surface area (Å²) in [5.74, 6) is 0.194. The molecule has 3 aromatic rings. The number of nitro groups is 1. The van der Waals surface area contributed by atoms with Crippen molar-refractivity contribution in [3.63, 3.8) is 0 Å². The van der Waals surface area contributed by atoms with Gasteiger partial charge < -0.3 is 9.47 Å². The molecule has 0 aliphatic rings. The fraction of sp³-hybridized carbons (Fsp3) is 0.182. The Kier molecular flexibility index (Phi) is 7.47. The third-order valence-electron chi connectivity index (χ3n) is 4.13. The van der Waals surface area contributed by atoms with Crippen LogP contribution in [0.25, 0.3) is 12.2 Å². The van der Waals surface area contributed by atoms with E-state index in [9.17, 15) is 14.9 Å². The van der Waals surface area contributed by atoms with Gasteiger partial charge in [-0.25, -0.2) is 4.98 Å². The van der Waals surface area contributed by atoms with Gasteiger partial charge in [0.25, 0.3) is 11.6 Å². The number of ether oxygens (including phenoxy) is 2. The number of methoxy groups -OCH3 is 1. The predicted octanol–water partition coefficient (Wildman–Crippen LogP) is 4.89. The smallest absolute Gasteiger partial charge is 0.270 e. The first-order chi connectivity index (χ1) is 14.9. The van der Waals surface area contributed by atoms with Gasteiger partial charge >= 0.3 is 0 Å². The number of hydrogen-bond acceptors (Lipinski definition) is 7. The Bertz CT molecular complexity index is 1080. The summed E-state index contributed by atoms with van der Waals surface area (Å²) < 4.78 is 11.0. The van der Waals surface area contributed by atoms with E-state index in [-0.39, 0.29) is 17.7 Å². The van der Waals surface area contributed by atoms with Crippen molar-refractivity contribution in [1.82, 2.24) is 4.98 Å². The van der Waals surface area contributed by atoms with E-state index in [1.807, 2.05) is 6.92 Å². The second-order valence-electron chi connectivity index (χ2n) is 6.65. The van der Waals surface area contributed by atoms with Crippen molar-refractivity contribution in [2.24, 2.45) is 0 Å². The topological polar surface area (TPSA) is 104 Å². The number of benzene rings is 2. The lowest BCUT2D eigenvalue weighted by Gasteiger charge is -2.15. The van der Waals surface area contributed by atoms with Crippen LogP contribution in [-0.4, -0.2) is 35.6 Å². The number of rotatable bonds is 9. The van der Waals surface area contributed by atoms with E-state index in [2.05, 4.69) is 10.3 Å². The molecule has 8 nitrogen and oxygen atoms in total. The molecule has 0 saturated heterocycles. The minimum atomic E-state index is -0.440. The van der Waals surface area contributed by atoms with Crippen LogP contribution in [0.3, 0.4) is 0 Å². The molecule has 160 valence electrons. The van der Waals surface area contributed by atoms with Crippen molar-refractivity contribution >= 4 is 40.2 Å². The SMILES string of the molecule is COC[C@H](C)Oc1cc(C=Cc2cccc([N+](=O)[O-])c2)cc(C(=O)Nc2nccs2)c1. The highest BCUT2D eigenvalue weighted by molar-refractivity contribution is 7.13. The predicted molar refractivity (Wildman–Crippen MR) is 120 cm³/mol. The van der Waals surface area contributed by atoms with Gasteiger partial charge in [0.15, 0.2) is 5.13 Å². The van der Waals surface area contributed by atoms with Crippen molar-refractivity contribution in [2.45, 2.75) is 13.0 Å². The molecule has 1 aromatic heterocycles. The number of nitro benzene ring substituents is 1. The average molecular weight is 439 g/mol. The maximum Gasteiger partial charge on any atom is 0.270 e. The van der Waals surface area contributed by atoms with Gasteiger partial charge in [-0.3, -0.25) is 20.2 Å². The van der Waals surface area contributed by atoms with Crippen LogP contribution in [-0.2, 0) is 4.74 Å². The maximum absolute atomic E-state index is 12.7. The summed E-state index contributed by atoms with van der Waals surface area (Å²) in [7, 11) is 1.59. The second kappa shape index (κ2) is 10.5. The number of carbonyl (C=O) groups excluding carboxylic acids is 1. The standard InChI is InChI=1S/C22H21N3O5S/c1-15(14-29-2)30-20-12-17(7-6-16-4-3-5-19(11-16)25(27)28)10-18(13-20)21(26)24-22-23-8-9-31-22/h3-13,15H,14H2,1-2H3,(H,23,24,26)/t15-/m0/s1. The van der Waals surface area contributed by atoms with Gasteiger partial charge in [-0.1, -0.05) is 24.3 Å². The first kappa shape index (κ1) is 22.1. The van der Waals surface area contributed by atoms with Gasteiger partial charge in [0.1, 0.15) is 11.9 Å². The summed E-state index contributed by atoms with van der Waals surface area (Å²) in [5, 5.41) is 16.0. The number of aromatic nitrogens is 1. The molecule has 0 saturated carbocycles. The fourth-order valence-electron chi connectivity index (χ4n) is 2.81. The summed E-state index contributed by atoms with van der Waals surface area (Å²) in [6, 6.07) is 11.5. The van der Waals surface area contributed by atoms with Crippen molar-refractivity contribution in [3.8, 4) is 5.75 Å². The Balaban J connectivity index is 1.89. The van der Waals surface area contributed by atoms with Crippen molar-refractivity contribution in [3.05, 3.63) is 80.8 Å². The molecular weight excluding hydrogens is 418 g/mol. The number of carbonyl (C=O) groups is 1. The fourth-order valence-corrected chi connectivity index (χ4v) is 3.33. The Morgan fingerprint density at radius 1 is 1.26 bits per heavy atom. The molecule has 0 bridgehead atoms. The summed E-state index contributed by atoms with van der Waals surface area (Å²) in [6.07, 6.45) is 4.91.